The zero-order chi connectivity index (χ0) is 12.4. The molecule has 3 atom stereocenters. The zero-order valence-electron chi connectivity index (χ0n) is 10.9. The lowest BCUT2D eigenvalue weighted by Crippen LogP contribution is -2.16. The van der Waals surface area contributed by atoms with E-state index in [-0.39, 0.29) is 0 Å². The summed E-state index contributed by atoms with van der Waals surface area (Å²) in [6.07, 6.45) is 12.7. The highest BCUT2D eigenvalue weighted by Gasteiger charge is 2.50. The third-order valence-electron chi connectivity index (χ3n) is 4.49. The van der Waals surface area contributed by atoms with E-state index in [0.717, 1.165) is 12.5 Å². The molecule has 1 saturated heterocycles. The van der Waals surface area contributed by atoms with E-state index < -0.39 is 0 Å². The van der Waals surface area contributed by atoms with Crippen LogP contribution >= 0.6 is 0 Å². The molecule has 1 saturated carbocycles. The summed E-state index contributed by atoms with van der Waals surface area (Å²) in [5, 5.41) is 0. The van der Waals surface area contributed by atoms with Crippen molar-refractivity contribution in [2.24, 2.45) is 5.92 Å². The van der Waals surface area contributed by atoms with Gasteiger partial charge in [0.25, 0.3) is 0 Å². The maximum Gasteiger partial charge on any atom is 0.0878 e. The SMILES string of the molecule is C#C[C@@H]1[C@@H](C2CCCCC2)N1Cc1ccccc1. The summed E-state index contributed by atoms with van der Waals surface area (Å²) in [7, 11) is 0. The van der Waals surface area contributed by atoms with Crippen molar-refractivity contribution >= 4 is 0 Å². The van der Waals surface area contributed by atoms with Crippen LogP contribution < -0.4 is 0 Å². The van der Waals surface area contributed by atoms with Crippen molar-refractivity contribution in [1.29, 1.82) is 0 Å². The number of nitrogens with zero attached hydrogens (tertiary/aromatic N) is 1. The second-order valence-corrected chi connectivity index (χ2v) is 5.66. The fraction of sp³-hybridized carbons (Fsp3) is 0.529. The van der Waals surface area contributed by atoms with Gasteiger partial charge in [-0.05, 0) is 24.3 Å². The number of hydrogen-bond donors (Lipinski definition) is 0. The lowest BCUT2D eigenvalue weighted by Gasteiger charge is -2.21. The van der Waals surface area contributed by atoms with Crippen LogP contribution in [0.5, 0.6) is 0 Å². The summed E-state index contributed by atoms with van der Waals surface area (Å²) >= 11 is 0. The maximum atomic E-state index is 5.68. The van der Waals surface area contributed by atoms with Crippen LogP contribution in [0.2, 0.25) is 0 Å². The van der Waals surface area contributed by atoms with E-state index >= 15 is 0 Å². The third kappa shape index (κ3) is 2.31. The van der Waals surface area contributed by atoms with E-state index in [4.69, 9.17) is 6.42 Å². The Bertz CT molecular complexity index is 425. The average molecular weight is 239 g/mol. The number of rotatable bonds is 3. The van der Waals surface area contributed by atoms with Gasteiger partial charge in [-0.15, -0.1) is 6.42 Å². The second kappa shape index (κ2) is 5.16. The first-order valence-corrected chi connectivity index (χ1v) is 7.16. The van der Waals surface area contributed by atoms with Crippen molar-refractivity contribution in [2.75, 3.05) is 0 Å². The molecule has 18 heavy (non-hydrogen) atoms. The van der Waals surface area contributed by atoms with Gasteiger partial charge >= 0.3 is 0 Å². The molecule has 2 aliphatic rings. The van der Waals surface area contributed by atoms with Crippen LogP contribution in [-0.4, -0.2) is 17.0 Å². The van der Waals surface area contributed by atoms with Crippen molar-refractivity contribution in [2.45, 2.75) is 50.7 Å². The first-order valence-electron chi connectivity index (χ1n) is 7.16. The van der Waals surface area contributed by atoms with Crippen LogP contribution in [0.4, 0.5) is 0 Å². The van der Waals surface area contributed by atoms with Gasteiger partial charge in [0.15, 0.2) is 0 Å². The molecule has 1 aromatic carbocycles. The Balaban J connectivity index is 1.64. The molecule has 1 heterocycles. The first kappa shape index (κ1) is 11.8. The normalized spacial score (nSPS) is 31.8. The fourth-order valence-electron chi connectivity index (χ4n) is 3.49. The minimum Gasteiger partial charge on any atom is -0.278 e. The van der Waals surface area contributed by atoms with E-state index in [1.54, 1.807) is 0 Å². The highest BCUT2D eigenvalue weighted by Crippen LogP contribution is 2.42. The van der Waals surface area contributed by atoms with E-state index in [2.05, 4.69) is 41.2 Å². The molecule has 94 valence electrons. The van der Waals surface area contributed by atoms with Crippen molar-refractivity contribution in [3.8, 4) is 12.3 Å². The third-order valence-corrected chi connectivity index (χ3v) is 4.49. The van der Waals surface area contributed by atoms with Gasteiger partial charge < -0.3 is 0 Å². The van der Waals surface area contributed by atoms with Gasteiger partial charge in [0.1, 0.15) is 0 Å². The molecule has 0 N–H and O–H groups in total. The minimum atomic E-state index is 0.397. The minimum absolute atomic E-state index is 0.397. The van der Waals surface area contributed by atoms with Gasteiger partial charge in [-0.1, -0.05) is 55.5 Å². The predicted octanol–water partition coefficient (Wildman–Crippen LogP) is 3.45. The summed E-state index contributed by atoms with van der Waals surface area (Å²) in [5.74, 6) is 3.83. The van der Waals surface area contributed by atoms with Gasteiger partial charge in [-0.3, -0.25) is 4.90 Å². The Morgan fingerprint density at radius 2 is 1.83 bits per heavy atom. The monoisotopic (exact) mass is 239 g/mol. The maximum absolute atomic E-state index is 5.68. The van der Waals surface area contributed by atoms with Crippen LogP contribution in [0.3, 0.4) is 0 Å². The van der Waals surface area contributed by atoms with Crippen molar-refractivity contribution in [1.82, 2.24) is 4.90 Å². The molecule has 1 aliphatic heterocycles. The molecule has 0 amide bonds. The Hall–Kier alpha value is -1.26. The molecule has 0 radical (unpaired) electrons. The van der Waals surface area contributed by atoms with Crippen molar-refractivity contribution < 1.29 is 0 Å². The van der Waals surface area contributed by atoms with Gasteiger partial charge in [0, 0.05) is 12.6 Å². The molecule has 0 aromatic heterocycles. The Labute approximate surface area is 110 Å². The summed E-state index contributed by atoms with van der Waals surface area (Å²) in [5.41, 5.74) is 1.39. The lowest BCUT2D eigenvalue weighted by atomic mass is 9.86. The van der Waals surface area contributed by atoms with E-state index in [9.17, 15) is 0 Å². The van der Waals surface area contributed by atoms with Gasteiger partial charge in [0.05, 0.1) is 6.04 Å². The molecular weight excluding hydrogens is 218 g/mol. The van der Waals surface area contributed by atoms with E-state index in [0.29, 0.717) is 12.1 Å². The Morgan fingerprint density at radius 1 is 1.11 bits per heavy atom. The van der Waals surface area contributed by atoms with Crippen LogP contribution in [-0.2, 0) is 6.54 Å². The number of benzene rings is 1. The number of hydrogen-bond acceptors (Lipinski definition) is 1. The van der Waals surface area contributed by atoms with Crippen LogP contribution in [0.15, 0.2) is 30.3 Å². The highest BCUT2D eigenvalue weighted by molar-refractivity contribution is 5.24. The largest absolute Gasteiger partial charge is 0.278 e. The fourth-order valence-corrected chi connectivity index (χ4v) is 3.49. The quantitative estimate of drug-likeness (QED) is 0.576. The molecule has 1 aliphatic carbocycles. The van der Waals surface area contributed by atoms with Crippen LogP contribution in [0.1, 0.15) is 37.7 Å². The molecule has 0 bridgehead atoms. The molecule has 0 spiro atoms. The summed E-state index contributed by atoms with van der Waals surface area (Å²) in [6, 6.07) is 11.7. The zero-order valence-corrected chi connectivity index (χ0v) is 10.9. The van der Waals surface area contributed by atoms with E-state index in [1.165, 1.54) is 37.7 Å². The van der Waals surface area contributed by atoms with Crippen molar-refractivity contribution in [3.05, 3.63) is 35.9 Å². The van der Waals surface area contributed by atoms with Crippen LogP contribution in [0, 0.1) is 18.3 Å². The molecular formula is C17H21N. The smallest absolute Gasteiger partial charge is 0.0878 e. The highest BCUT2D eigenvalue weighted by atomic mass is 15.3. The molecule has 1 aromatic rings. The van der Waals surface area contributed by atoms with Crippen LogP contribution in [0.25, 0.3) is 0 Å². The molecule has 1 unspecified atom stereocenters. The Morgan fingerprint density at radius 3 is 2.50 bits per heavy atom. The molecule has 1 heteroatoms. The average Bonchev–Trinajstić information content (AvgIpc) is 3.14. The summed E-state index contributed by atoms with van der Waals surface area (Å²) < 4.78 is 0. The second-order valence-electron chi connectivity index (χ2n) is 5.66. The number of terminal acetylenes is 1. The standard InChI is InChI=1S/C17H21N/c1-2-16-17(15-11-7-4-8-12-15)18(16)13-14-9-5-3-6-10-14/h1,3,5-6,9-10,15-17H,4,7-8,11-13H2/t16-,17-,18?/m1/s1. The topological polar surface area (TPSA) is 3.01 Å². The lowest BCUT2D eigenvalue weighted by molar-refractivity contribution is 0.309. The van der Waals surface area contributed by atoms with Gasteiger partial charge in [-0.25, -0.2) is 0 Å². The molecule has 2 fully saturated rings. The van der Waals surface area contributed by atoms with Gasteiger partial charge in [0.2, 0.25) is 0 Å². The van der Waals surface area contributed by atoms with Gasteiger partial charge in [-0.2, -0.15) is 0 Å². The molecule has 3 rings (SSSR count). The Kier molecular flexibility index (Phi) is 3.39. The summed E-state index contributed by atoms with van der Waals surface area (Å²) in [4.78, 5) is 2.51. The first-order chi connectivity index (χ1) is 8.90. The van der Waals surface area contributed by atoms with Crippen molar-refractivity contribution in [3.63, 3.8) is 0 Å². The molecule has 1 nitrogen and oxygen atoms in total. The summed E-state index contributed by atoms with van der Waals surface area (Å²) in [6.45, 7) is 1.02. The van der Waals surface area contributed by atoms with E-state index in [1.807, 2.05) is 0 Å². The predicted molar refractivity (Wildman–Crippen MR) is 75.0 cm³/mol.